The van der Waals surface area contributed by atoms with Crippen molar-refractivity contribution in [3.05, 3.63) is 71.3 Å². The van der Waals surface area contributed by atoms with Gasteiger partial charge in [0.25, 0.3) is 5.91 Å². The van der Waals surface area contributed by atoms with Crippen LogP contribution >= 0.6 is 0 Å². The van der Waals surface area contributed by atoms with E-state index in [0.29, 0.717) is 31.6 Å². The fourth-order valence-corrected chi connectivity index (χ4v) is 4.22. The standard InChI is InChI=1S/C25H25N3O5/c1-2-33-22(30)12-9-17-7-10-20(11-8-17)26-21(29)16-28-23(31)25(27-24(28)32)14-13-18-5-3-4-6-19(18)15-25/h3-12H,2,13-16H2,1H3,(H,26,29)(H,27,32)/b12-9+. The molecule has 1 aliphatic heterocycles. The van der Waals surface area contributed by atoms with E-state index < -0.39 is 23.4 Å². The zero-order valence-electron chi connectivity index (χ0n) is 18.3. The van der Waals surface area contributed by atoms with Gasteiger partial charge < -0.3 is 15.4 Å². The lowest BCUT2D eigenvalue weighted by Gasteiger charge is -2.32. The second-order valence-electron chi connectivity index (χ2n) is 8.10. The Kier molecular flexibility index (Phi) is 6.26. The van der Waals surface area contributed by atoms with Crippen LogP contribution in [0.25, 0.3) is 6.08 Å². The van der Waals surface area contributed by atoms with E-state index in [-0.39, 0.29) is 12.5 Å². The number of carbonyl (C=O) groups excluding carboxylic acids is 4. The molecule has 1 aliphatic carbocycles. The smallest absolute Gasteiger partial charge is 0.330 e. The third kappa shape index (κ3) is 4.79. The van der Waals surface area contributed by atoms with Crippen LogP contribution in [-0.2, 0) is 32.0 Å². The van der Waals surface area contributed by atoms with E-state index in [1.54, 1.807) is 37.3 Å². The van der Waals surface area contributed by atoms with E-state index >= 15 is 0 Å². The van der Waals surface area contributed by atoms with Gasteiger partial charge in [-0.2, -0.15) is 0 Å². The average molecular weight is 447 g/mol. The molecular weight excluding hydrogens is 422 g/mol. The van der Waals surface area contributed by atoms with Crippen molar-refractivity contribution in [3.63, 3.8) is 0 Å². The number of hydrogen-bond acceptors (Lipinski definition) is 5. The SMILES string of the molecule is CCOC(=O)/C=C/c1ccc(NC(=O)CN2C(=O)NC3(CCc4ccccc4C3)C2=O)cc1. The highest BCUT2D eigenvalue weighted by atomic mass is 16.5. The zero-order chi connectivity index (χ0) is 23.4. The number of esters is 1. The number of ether oxygens (including phenoxy) is 1. The molecule has 0 saturated carbocycles. The quantitative estimate of drug-likeness (QED) is 0.403. The molecule has 4 rings (SSSR count). The van der Waals surface area contributed by atoms with E-state index in [4.69, 9.17) is 4.74 Å². The minimum absolute atomic E-state index is 0.306. The van der Waals surface area contributed by atoms with E-state index in [0.717, 1.165) is 16.0 Å². The fourth-order valence-electron chi connectivity index (χ4n) is 4.22. The second-order valence-corrected chi connectivity index (χ2v) is 8.10. The Labute approximate surface area is 191 Å². The largest absolute Gasteiger partial charge is 0.463 e. The molecule has 2 aliphatic rings. The summed E-state index contributed by atoms with van der Waals surface area (Å²) in [5, 5.41) is 5.53. The Balaban J connectivity index is 1.36. The molecule has 2 aromatic rings. The van der Waals surface area contributed by atoms with E-state index in [1.807, 2.05) is 24.3 Å². The Morgan fingerprint density at radius 2 is 1.85 bits per heavy atom. The molecule has 2 aromatic carbocycles. The summed E-state index contributed by atoms with van der Waals surface area (Å²) in [6.45, 7) is 1.68. The summed E-state index contributed by atoms with van der Waals surface area (Å²) < 4.78 is 4.83. The van der Waals surface area contributed by atoms with E-state index in [1.165, 1.54) is 11.6 Å². The summed E-state index contributed by atoms with van der Waals surface area (Å²) >= 11 is 0. The number of amides is 4. The number of rotatable bonds is 6. The molecule has 2 N–H and O–H groups in total. The fraction of sp³-hybridized carbons (Fsp3) is 0.280. The van der Waals surface area contributed by atoms with Gasteiger partial charge in [-0.05, 0) is 54.7 Å². The summed E-state index contributed by atoms with van der Waals surface area (Å²) in [7, 11) is 0. The van der Waals surface area contributed by atoms with Crippen molar-refractivity contribution in [2.75, 3.05) is 18.5 Å². The molecule has 1 spiro atoms. The Hall–Kier alpha value is -3.94. The van der Waals surface area contributed by atoms with Crippen LogP contribution in [0.4, 0.5) is 10.5 Å². The van der Waals surface area contributed by atoms with E-state index in [9.17, 15) is 19.2 Å². The third-order valence-corrected chi connectivity index (χ3v) is 5.87. The van der Waals surface area contributed by atoms with Gasteiger partial charge in [0.2, 0.25) is 5.91 Å². The summed E-state index contributed by atoms with van der Waals surface area (Å²) in [6.07, 6.45) is 4.56. The molecule has 1 heterocycles. The first-order valence-electron chi connectivity index (χ1n) is 10.9. The van der Waals surface area contributed by atoms with Crippen LogP contribution in [0.5, 0.6) is 0 Å². The van der Waals surface area contributed by atoms with Crippen LogP contribution < -0.4 is 10.6 Å². The van der Waals surface area contributed by atoms with Gasteiger partial charge in [0.1, 0.15) is 12.1 Å². The molecule has 4 amide bonds. The summed E-state index contributed by atoms with van der Waals surface area (Å²) in [5.41, 5.74) is 2.51. The molecular formula is C25H25N3O5. The van der Waals surface area contributed by atoms with Crippen molar-refractivity contribution in [1.82, 2.24) is 10.2 Å². The molecule has 0 radical (unpaired) electrons. The normalized spacial score (nSPS) is 19.5. The molecule has 0 aromatic heterocycles. The van der Waals surface area contributed by atoms with Gasteiger partial charge in [-0.1, -0.05) is 36.4 Å². The Morgan fingerprint density at radius 3 is 2.58 bits per heavy atom. The summed E-state index contributed by atoms with van der Waals surface area (Å²) in [4.78, 5) is 50.6. The predicted octanol–water partition coefficient (Wildman–Crippen LogP) is 2.68. The van der Waals surface area contributed by atoms with Crippen molar-refractivity contribution < 1.29 is 23.9 Å². The molecule has 33 heavy (non-hydrogen) atoms. The minimum Gasteiger partial charge on any atom is -0.463 e. The van der Waals surface area contributed by atoms with Crippen molar-refractivity contribution in [3.8, 4) is 0 Å². The maximum atomic E-state index is 13.1. The first kappa shape index (κ1) is 22.3. The first-order valence-corrected chi connectivity index (χ1v) is 10.9. The predicted molar refractivity (Wildman–Crippen MR) is 122 cm³/mol. The van der Waals surface area contributed by atoms with Gasteiger partial charge in [-0.3, -0.25) is 14.5 Å². The lowest BCUT2D eigenvalue weighted by molar-refractivity contribution is -0.137. The van der Waals surface area contributed by atoms with Gasteiger partial charge >= 0.3 is 12.0 Å². The molecule has 1 fully saturated rings. The number of hydrogen-bond donors (Lipinski definition) is 2. The van der Waals surface area contributed by atoms with Gasteiger partial charge in [-0.15, -0.1) is 0 Å². The number of nitrogens with one attached hydrogen (secondary N) is 2. The van der Waals surface area contributed by atoms with Crippen molar-refractivity contribution in [2.24, 2.45) is 0 Å². The molecule has 1 saturated heterocycles. The van der Waals surface area contributed by atoms with Crippen LogP contribution in [0, 0.1) is 0 Å². The molecule has 1 atom stereocenters. The van der Waals surface area contributed by atoms with Crippen LogP contribution in [0.1, 0.15) is 30.0 Å². The Bertz CT molecular complexity index is 1130. The number of benzene rings is 2. The van der Waals surface area contributed by atoms with Crippen molar-refractivity contribution in [2.45, 2.75) is 31.7 Å². The highest BCUT2D eigenvalue weighted by Gasteiger charge is 2.52. The van der Waals surface area contributed by atoms with Gasteiger partial charge in [0.05, 0.1) is 6.61 Å². The number of nitrogens with zero attached hydrogens (tertiary/aromatic N) is 1. The number of fused-ring (bicyclic) bond motifs is 1. The zero-order valence-corrected chi connectivity index (χ0v) is 18.3. The summed E-state index contributed by atoms with van der Waals surface area (Å²) in [5.74, 6) is -1.26. The maximum absolute atomic E-state index is 13.1. The first-order chi connectivity index (χ1) is 15.9. The molecule has 8 heteroatoms. The minimum atomic E-state index is -0.987. The topological polar surface area (TPSA) is 105 Å². The summed E-state index contributed by atoms with van der Waals surface area (Å²) in [6, 6.07) is 14.1. The highest BCUT2D eigenvalue weighted by molar-refractivity contribution is 6.10. The highest BCUT2D eigenvalue weighted by Crippen LogP contribution is 2.33. The number of imide groups is 1. The van der Waals surface area contributed by atoms with Gasteiger partial charge in [0, 0.05) is 18.2 Å². The molecule has 8 nitrogen and oxygen atoms in total. The number of carbonyl (C=O) groups is 4. The number of aryl methyl sites for hydroxylation is 1. The van der Waals surface area contributed by atoms with Crippen LogP contribution in [0.3, 0.4) is 0 Å². The van der Waals surface area contributed by atoms with Crippen LogP contribution in [0.2, 0.25) is 0 Å². The monoisotopic (exact) mass is 447 g/mol. The third-order valence-electron chi connectivity index (χ3n) is 5.87. The number of anilines is 1. The van der Waals surface area contributed by atoms with Crippen LogP contribution in [-0.4, -0.2) is 47.4 Å². The van der Waals surface area contributed by atoms with Gasteiger partial charge in [0.15, 0.2) is 0 Å². The van der Waals surface area contributed by atoms with Gasteiger partial charge in [-0.25, -0.2) is 9.59 Å². The van der Waals surface area contributed by atoms with Crippen molar-refractivity contribution in [1.29, 1.82) is 0 Å². The van der Waals surface area contributed by atoms with Crippen molar-refractivity contribution >= 4 is 35.6 Å². The van der Waals surface area contributed by atoms with Crippen LogP contribution in [0.15, 0.2) is 54.6 Å². The van der Waals surface area contributed by atoms with E-state index in [2.05, 4.69) is 10.6 Å². The molecule has 0 bridgehead atoms. The maximum Gasteiger partial charge on any atom is 0.330 e. The molecule has 1 unspecified atom stereocenters. The average Bonchev–Trinajstić information content (AvgIpc) is 3.02. The second kappa shape index (κ2) is 9.28. The number of urea groups is 1. The lowest BCUT2D eigenvalue weighted by atomic mass is 9.78. The molecule has 170 valence electrons. The lowest BCUT2D eigenvalue weighted by Crippen LogP contribution is -2.51. The Morgan fingerprint density at radius 1 is 1.12 bits per heavy atom.